The van der Waals surface area contributed by atoms with E-state index in [1.807, 2.05) is 0 Å². The lowest BCUT2D eigenvalue weighted by Crippen LogP contribution is -2.35. The van der Waals surface area contributed by atoms with E-state index in [2.05, 4.69) is 21.9 Å². The first-order chi connectivity index (χ1) is 13.0. The quantitative estimate of drug-likeness (QED) is 0.545. The molecule has 0 unspecified atom stereocenters. The number of rotatable bonds is 5. The SMILES string of the molecule is C=CCOC(=O)C1=C(C)Nc2[nH]c(=O)[nH]c(=O)c2[C@@H]1c1cccc(OC)c1. The highest BCUT2D eigenvalue weighted by molar-refractivity contribution is 5.94. The average molecular weight is 369 g/mol. The van der Waals surface area contributed by atoms with Gasteiger partial charge in [-0.15, -0.1) is 0 Å². The van der Waals surface area contributed by atoms with Gasteiger partial charge in [-0.3, -0.25) is 14.8 Å². The van der Waals surface area contributed by atoms with Crippen LogP contribution in [0.2, 0.25) is 0 Å². The molecule has 140 valence electrons. The minimum Gasteiger partial charge on any atom is -0.497 e. The molecule has 1 aromatic carbocycles. The van der Waals surface area contributed by atoms with E-state index in [1.165, 1.54) is 13.2 Å². The number of carbonyl (C=O) groups is 1. The van der Waals surface area contributed by atoms with Crippen LogP contribution in [0.4, 0.5) is 5.82 Å². The maximum atomic E-state index is 12.7. The second kappa shape index (κ2) is 7.36. The van der Waals surface area contributed by atoms with Gasteiger partial charge in [-0.2, -0.15) is 0 Å². The van der Waals surface area contributed by atoms with Crippen molar-refractivity contribution in [1.82, 2.24) is 9.97 Å². The standard InChI is InChI=1S/C19H19N3O5/c1-4-8-27-18(24)13-10(2)20-16-15(17(23)22-19(25)21-16)14(13)11-6-5-7-12(9-11)26-3/h4-7,9,14H,1,8H2,2-3H3,(H3,20,21,22,23,25)/t14-/m1/s1. The molecule has 0 saturated heterocycles. The molecule has 1 aromatic heterocycles. The van der Waals surface area contributed by atoms with E-state index in [1.54, 1.807) is 31.2 Å². The van der Waals surface area contributed by atoms with Crippen LogP contribution in [0.5, 0.6) is 5.75 Å². The normalized spacial score (nSPS) is 15.6. The van der Waals surface area contributed by atoms with Crippen molar-refractivity contribution in [3.05, 3.63) is 80.2 Å². The molecule has 3 rings (SSSR count). The summed E-state index contributed by atoms with van der Waals surface area (Å²) in [7, 11) is 1.53. The van der Waals surface area contributed by atoms with Crippen LogP contribution in [0.3, 0.4) is 0 Å². The summed E-state index contributed by atoms with van der Waals surface area (Å²) in [6.45, 7) is 5.25. The Kier molecular flexibility index (Phi) is 4.98. The molecule has 2 heterocycles. The lowest BCUT2D eigenvalue weighted by molar-refractivity contribution is -0.138. The minimum absolute atomic E-state index is 0.0370. The fraction of sp³-hybridized carbons (Fsp3) is 0.211. The zero-order chi connectivity index (χ0) is 19.6. The number of carbonyl (C=O) groups excluding carboxylic acids is 1. The molecule has 0 amide bonds. The second-order valence-corrected chi connectivity index (χ2v) is 5.96. The Morgan fingerprint density at radius 2 is 2.07 bits per heavy atom. The molecular formula is C19H19N3O5. The zero-order valence-corrected chi connectivity index (χ0v) is 14.9. The number of aromatic amines is 2. The summed E-state index contributed by atoms with van der Waals surface area (Å²) >= 11 is 0. The van der Waals surface area contributed by atoms with Crippen molar-refractivity contribution in [3.63, 3.8) is 0 Å². The van der Waals surface area contributed by atoms with Gasteiger partial charge in [0.05, 0.1) is 24.2 Å². The average Bonchev–Trinajstić information content (AvgIpc) is 2.64. The van der Waals surface area contributed by atoms with Gasteiger partial charge in [0.25, 0.3) is 5.56 Å². The van der Waals surface area contributed by atoms with Crippen molar-refractivity contribution in [2.24, 2.45) is 0 Å². The maximum absolute atomic E-state index is 12.7. The van der Waals surface area contributed by atoms with E-state index in [0.29, 0.717) is 17.0 Å². The number of H-pyrrole nitrogens is 2. The molecule has 2 aromatic rings. The number of nitrogens with one attached hydrogen (secondary N) is 3. The van der Waals surface area contributed by atoms with Crippen LogP contribution >= 0.6 is 0 Å². The monoisotopic (exact) mass is 369 g/mol. The van der Waals surface area contributed by atoms with Gasteiger partial charge in [-0.05, 0) is 24.6 Å². The second-order valence-electron chi connectivity index (χ2n) is 5.96. The van der Waals surface area contributed by atoms with Crippen molar-refractivity contribution in [3.8, 4) is 5.75 Å². The first-order valence-electron chi connectivity index (χ1n) is 8.22. The number of anilines is 1. The molecule has 0 spiro atoms. The van der Waals surface area contributed by atoms with Crippen LogP contribution in [0, 0.1) is 0 Å². The first kappa shape index (κ1) is 18.2. The molecule has 1 aliphatic rings. The molecule has 1 aliphatic heterocycles. The zero-order valence-electron chi connectivity index (χ0n) is 14.9. The first-order valence-corrected chi connectivity index (χ1v) is 8.22. The topological polar surface area (TPSA) is 113 Å². The molecule has 0 radical (unpaired) electrons. The van der Waals surface area contributed by atoms with Gasteiger partial charge in [-0.1, -0.05) is 24.8 Å². The largest absolute Gasteiger partial charge is 0.497 e. The summed E-state index contributed by atoms with van der Waals surface area (Å²) in [5.74, 6) is -0.502. The van der Waals surface area contributed by atoms with Gasteiger partial charge < -0.3 is 14.8 Å². The Morgan fingerprint density at radius 3 is 2.78 bits per heavy atom. The molecule has 1 atom stereocenters. The molecule has 0 aliphatic carbocycles. The summed E-state index contributed by atoms with van der Waals surface area (Å²) < 4.78 is 10.5. The number of allylic oxidation sites excluding steroid dienone is 1. The van der Waals surface area contributed by atoms with E-state index in [4.69, 9.17) is 9.47 Å². The van der Waals surface area contributed by atoms with Crippen molar-refractivity contribution >= 4 is 11.8 Å². The third-order valence-electron chi connectivity index (χ3n) is 4.25. The minimum atomic E-state index is -0.741. The van der Waals surface area contributed by atoms with Crippen LogP contribution in [0.25, 0.3) is 0 Å². The highest BCUT2D eigenvalue weighted by Gasteiger charge is 2.36. The van der Waals surface area contributed by atoms with Crippen molar-refractivity contribution in [2.45, 2.75) is 12.8 Å². The van der Waals surface area contributed by atoms with E-state index in [9.17, 15) is 14.4 Å². The van der Waals surface area contributed by atoms with Gasteiger partial charge in [0.2, 0.25) is 0 Å². The maximum Gasteiger partial charge on any atom is 0.337 e. The molecule has 0 fully saturated rings. The number of aromatic nitrogens is 2. The lowest BCUT2D eigenvalue weighted by atomic mass is 9.82. The number of fused-ring (bicyclic) bond motifs is 1. The fourth-order valence-corrected chi connectivity index (χ4v) is 3.12. The van der Waals surface area contributed by atoms with E-state index >= 15 is 0 Å². The van der Waals surface area contributed by atoms with Crippen LogP contribution in [-0.4, -0.2) is 29.7 Å². The summed E-state index contributed by atoms with van der Waals surface area (Å²) in [5, 5.41) is 2.92. The predicted octanol–water partition coefficient (Wildman–Crippen LogP) is 1.63. The Hall–Kier alpha value is -3.55. The Bertz CT molecular complexity index is 1050. The molecule has 0 saturated carbocycles. The highest BCUT2D eigenvalue weighted by Crippen LogP contribution is 2.40. The van der Waals surface area contributed by atoms with E-state index < -0.39 is 23.1 Å². The highest BCUT2D eigenvalue weighted by atomic mass is 16.5. The predicted molar refractivity (Wildman–Crippen MR) is 100.0 cm³/mol. The third kappa shape index (κ3) is 3.41. The summed E-state index contributed by atoms with van der Waals surface area (Å²) in [6.07, 6.45) is 1.46. The van der Waals surface area contributed by atoms with Gasteiger partial charge in [0.1, 0.15) is 18.2 Å². The van der Waals surface area contributed by atoms with E-state index in [0.717, 1.165) is 0 Å². The summed E-state index contributed by atoms with van der Waals surface area (Å²) in [4.78, 5) is 41.8. The molecule has 3 N–H and O–H groups in total. The van der Waals surface area contributed by atoms with Crippen LogP contribution in [-0.2, 0) is 9.53 Å². The number of ether oxygens (including phenoxy) is 2. The third-order valence-corrected chi connectivity index (χ3v) is 4.25. The molecule has 8 heteroatoms. The smallest absolute Gasteiger partial charge is 0.337 e. The van der Waals surface area contributed by atoms with Crippen LogP contribution in [0.1, 0.15) is 24.0 Å². The van der Waals surface area contributed by atoms with Gasteiger partial charge in [0, 0.05) is 5.70 Å². The van der Waals surface area contributed by atoms with Crippen LogP contribution in [0.15, 0.2) is 57.8 Å². The van der Waals surface area contributed by atoms with Gasteiger partial charge in [-0.25, -0.2) is 9.59 Å². The molecule has 8 nitrogen and oxygen atoms in total. The van der Waals surface area contributed by atoms with Crippen molar-refractivity contribution in [2.75, 3.05) is 19.0 Å². The van der Waals surface area contributed by atoms with E-state index in [-0.39, 0.29) is 23.6 Å². The Labute approximate surface area is 154 Å². The molecule has 27 heavy (non-hydrogen) atoms. The number of benzene rings is 1. The summed E-state index contributed by atoms with van der Waals surface area (Å²) in [6, 6.07) is 7.03. The molecule has 0 bridgehead atoms. The Balaban J connectivity index is 2.25. The van der Waals surface area contributed by atoms with Crippen LogP contribution < -0.4 is 21.3 Å². The van der Waals surface area contributed by atoms with Gasteiger partial charge in [0.15, 0.2) is 0 Å². The Morgan fingerprint density at radius 1 is 1.30 bits per heavy atom. The van der Waals surface area contributed by atoms with Crippen molar-refractivity contribution < 1.29 is 14.3 Å². The van der Waals surface area contributed by atoms with Gasteiger partial charge >= 0.3 is 11.7 Å². The van der Waals surface area contributed by atoms with Crippen molar-refractivity contribution in [1.29, 1.82) is 0 Å². The number of esters is 1. The summed E-state index contributed by atoms with van der Waals surface area (Å²) in [5.41, 5.74) is 0.399. The fourth-order valence-electron chi connectivity index (χ4n) is 3.12. The number of methoxy groups -OCH3 is 1. The lowest BCUT2D eigenvalue weighted by Gasteiger charge is -2.28. The number of hydrogen-bond donors (Lipinski definition) is 3. The number of hydrogen-bond acceptors (Lipinski definition) is 6. The molecular weight excluding hydrogens is 350 g/mol.